The molecule has 48 heavy (non-hydrogen) atoms. The molecule has 2 saturated heterocycles. The van der Waals surface area contributed by atoms with E-state index in [1.165, 1.54) is 12.8 Å². The fourth-order valence-corrected chi connectivity index (χ4v) is 7.78. The molecule has 266 valence electrons. The lowest BCUT2D eigenvalue weighted by molar-refractivity contribution is -0.121. The minimum Gasteiger partial charge on any atom is -0.379 e. The molecule has 2 aliphatic heterocycles. The number of nitrogens with one attached hydrogen (secondary N) is 3. The highest BCUT2D eigenvalue weighted by atomic mass is 32.2. The molecule has 1 unspecified atom stereocenters. The molecular weight excluding hydrogens is 630 g/mol. The van der Waals surface area contributed by atoms with Gasteiger partial charge >= 0.3 is 0 Å². The maximum Gasteiger partial charge on any atom is 0.251 e. The molecule has 11 heteroatoms. The fourth-order valence-electron chi connectivity index (χ4n) is 6.13. The molecular formula is C37H55N3O7S. The summed E-state index contributed by atoms with van der Waals surface area (Å²) in [5.74, 6) is 8.13. The lowest BCUT2D eigenvalue weighted by atomic mass is 9.94. The summed E-state index contributed by atoms with van der Waals surface area (Å²) in [5, 5.41) is 9.53. The summed E-state index contributed by atoms with van der Waals surface area (Å²) in [6, 6.07) is 7.91. The normalized spacial score (nSPS) is 21.8. The lowest BCUT2D eigenvalue weighted by Gasteiger charge is -2.15. The van der Waals surface area contributed by atoms with E-state index in [0.717, 1.165) is 62.7 Å². The molecule has 1 aliphatic carbocycles. The van der Waals surface area contributed by atoms with Crippen molar-refractivity contribution < 1.29 is 33.3 Å². The van der Waals surface area contributed by atoms with E-state index in [-0.39, 0.29) is 23.8 Å². The van der Waals surface area contributed by atoms with Crippen LogP contribution in [0.15, 0.2) is 24.3 Å². The molecule has 2 heterocycles. The van der Waals surface area contributed by atoms with Crippen LogP contribution in [-0.2, 0) is 35.1 Å². The molecule has 3 N–H and O–H groups in total. The molecule has 2 fully saturated rings. The summed E-state index contributed by atoms with van der Waals surface area (Å²) in [7, 11) is 0. The molecule has 3 amide bonds. The number of thioether (sulfide) groups is 1. The predicted octanol–water partition coefficient (Wildman–Crippen LogP) is 4.40. The second kappa shape index (κ2) is 22.9. The molecule has 0 saturated carbocycles. The maximum atomic E-state index is 12.4. The molecule has 1 aromatic carbocycles. The van der Waals surface area contributed by atoms with Gasteiger partial charge in [0.05, 0.1) is 33.0 Å². The number of rotatable bonds is 23. The average Bonchev–Trinajstić information content (AvgIpc) is 3.63. The van der Waals surface area contributed by atoms with E-state index in [4.69, 9.17) is 18.9 Å². The molecule has 10 nitrogen and oxygen atoms in total. The van der Waals surface area contributed by atoms with Crippen LogP contribution in [-0.4, -0.2) is 93.6 Å². The van der Waals surface area contributed by atoms with E-state index in [1.807, 2.05) is 36.0 Å². The van der Waals surface area contributed by atoms with Gasteiger partial charge in [0.25, 0.3) is 5.91 Å². The van der Waals surface area contributed by atoms with Gasteiger partial charge in [-0.2, -0.15) is 11.8 Å². The minimum atomic E-state index is -0.0934. The zero-order chi connectivity index (χ0) is 33.7. The summed E-state index contributed by atoms with van der Waals surface area (Å²) >= 11 is 1.97. The van der Waals surface area contributed by atoms with Gasteiger partial charge < -0.3 is 34.9 Å². The minimum absolute atomic E-state index is 0.000905. The monoisotopic (exact) mass is 685 g/mol. The number of ether oxygens (including phenoxy) is 4. The quantitative estimate of drug-likeness (QED) is 0.115. The number of carbonyl (C=O) groups is 3. The number of unbranched alkanes of at least 4 members (excludes halogenated alkanes) is 1. The van der Waals surface area contributed by atoms with Crippen molar-refractivity contribution in [1.29, 1.82) is 0 Å². The Morgan fingerprint density at radius 1 is 0.875 bits per heavy atom. The predicted molar refractivity (Wildman–Crippen MR) is 188 cm³/mol. The van der Waals surface area contributed by atoms with Gasteiger partial charge in [-0.3, -0.25) is 14.4 Å². The van der Waals surface area contributed by atoms with Gasteiger partial charge in [-0.05, 0) is 62.6 Å². The van der Waals surface area contributed by atoms with Crippen LogP contribution < -0.4 is 16.0 Å². The zero-order valence-corrected chi connectivity index (χ0v) is 29.3. The van der Waals surface area contributed by atoms with Crippen LogP contribution >= 0.6 is 11.8 Å². The maximum absolute atomic E-state index is 12.4. The smallest absolute Gasteiger partial charge is 0.251 e. The summed E-state index contributed by atoms with van der Waals surface area (Å²) in [5.41, 5.74) is 1.67. The van der Waals surface area contributed by atoms with Gasteiger partial charge in [0.2, 0.25) is 11.8 Å². The largest absolute Gasteiger partial charge is 0.379 e. The Morgan fingerprint density at radius 3 is 2.38 bits per heavy atom. The SMILES string of the molecule is O=C(CCCC[C@@H]1SC[C@@H]2NC(=O)C[C@@H]21)NCCCOCCOCCOCCCNC(=O)c1ccc(COC2C#CCCCCC2)cc1. The van der Waals surface area contributed by atoms with E-state index in [0.29, 0.717) is 95.0 Å². The van der Waals surface area contributed by atoms with Gasteiger partial charge in [0, 0.05) is 74.1 Å². The molecule has 0 radical (unpaired) electrons. The van der Waals surface area contributed by atoms with Crippen LogP contribution in [0.4, 0.5) is 0 Å². The molecule has 0 bridgehead atoms. The number of hydrogen-bond acceptors (Lipinski definition) is 8. The molecule has 1 aromatic rings. The van der Waals surface area contributed by atoms with Gasteiger partial charge in [0.1, 0.15) is 6.10 Å². The first-order chi connectivity index (χ1) is 23.6. The van der Waals surface area contributed by atoms with Crippen molar-refractivity contribution in [3.8, 4) is 11.8 Å². The van der Waals surface area contributed by atoms with E-state index >= 15 is 0 Å². The van der Waals surface area contributed by atoms with Crippen LogP contribution in [0.25, 0.3) is 0 Å². The molecule has 4 rings (SSSR count). The lowest BCUT2D eigenvalue weighted by Crippen LogP contribution is -2.29. The highest BCUT2D eigenvalue weighted by Gasteiger charge is 2.42. The third kappa shape index (κ3) is 14.9. The second-order valence-electron chi connectivity index (χ2n) is 12.7. The first-order valence-corrected chi connectivity index (χ1v) is 19.0. The average molecular weight is 686 g/mol. The number of amides is 3. The van der Waals surface area contributed by atoms with Gasteiger partial charge in [-0.1, -0.05) is 30.9 Å². The summed E-state index contributed by atoms with van der Waals surface area (Å²) in [6.45, 7) is 4.77. The summed E-state index contributed by atoms with van der Waals surface area (Å²) in [6.07, 6.45) is 11.2. The fraction of sp³-hybridized carbons (Fsp3) is 0.703. The third-order valence-electron chi connectivity index (χ3n) is 8.88. The van der Waals surface area contributed by atoms with Crippen molar-refractivity contribution in [1.82, 2.24) is 16.0 Å². The Labute approximate surface area is 290 Å². The number of carbonyl (C=O) groups excluding carboxylic acids is 3. The van der Waals surface area contributed by atoms with E-state index in [9.17, 15) is 14.4 Å². The van der Waals surface area contributed by atoms with Crippen molar-refractivity contribution in [3.05, 3.63) is 35.4 Å². The van der Waals surface area contributed by atoms with E-state index in [2.05, 4.69) is 27.8 Å². The second-order valence-corrected chi connectivity index (χ2v) is 14.0. The first kappa shape index (κ1) is 38.2. The Morgan fingerprint density at radius 2 is 1.60 bits per heavy atom. The van der Waals surface area contributed by atoms with Crippen LogP contribution in [0, 0.1) is 17.8 Å². The van der Waals surface area contributed by atoms with Crippen molar-refractivity contribution in [2.75, 3.05) is 58.5 Å². The Hall–Kier alpha value is -2.62. The van der Waals surface area contributed by atoms with Crippen LogP contribution in [0.5, 0.6) is 0 Å². The molecule has 4 atom stereocenters. The zero-order valence-electron chi connectivity index (χ0n) is 28.4. The standard InChI is InChI=1S/C37H55N3O7S/c41-35(13-7-6-12-34-32-26-36(42)40-33(32)28-48-34)38-18-8-20-44-22-24-46-25-23-45-21-9-19-39-37(43)30-16-14-29(15-17-30)27-47-31-10-4-2-1-3-5-11-31/h14-17,31-34H,1-4,6-10,12-13,18-28H2,(H,38,41)(H,39,43)(H,40,42)/t31?,32-,33-,34-/m0/s1. The van der Waals surface area contributed by atoms with Gasteiger partial charge in [-0.15, -0.1) is 5.92 Å². The van der Waals surface area contributed by atoms with Gasteiger partial charge in [-0.25, -0.2) is 0 Å². The van der Waals surface area contributed by atoms with Crippen molar-refractivity contribution >= 4 is 29.5 Å². The number of fused-ring (bicyclic) bond motifs is 1. The van der Waals surface area contributed by atoms with Crippen LogP contribution in [0.2, 0.25) is 0 Å². The topological polar surface area (TPSA) is 124 Å². The van der Waals surface area contributed by atoms with Crippen LogP contribution in [0.1, 0.15) is 93.0 Å². The van der Waals surface area contributed by atoms with Crippen LogP contribution in [0.3, 0.4) is 0 Å². The Bertz CT molecular complexity index is 1170. The van der Waals surface area contributed by atoms with Crippen molar-refractivity contribution in [2.45, 2.75) is 101 Å². The number of benzene rings is 1. The van der Waals surface area contributed by atoms with Gasteiger partial charge in [0.15, 0.2) is 0 Å². The number of hydrogen-bond donors (Lipinski definition) is 3. The Balaban J connectivity index is 0.871. The van der Waals surface area contributed by atoms with E-state index < -0.39 is 0 Å². The van der Waals surface area contributed by atoms with E-state index in [1.54, 1.807) is 0 Å². The summed E-state index contributed by atoms with van der Waals surface area (Å²) < 4.78 is 22.7. The van der Waals surface area contributed by atoms with Crippen molar-refractivity contribution in [2.24, 2.45) is 5.92 Å². The Kier molecular flexibility index (Phi) is 18.2. The highest BCUT2D eigenvalue weighted by Crippen LogP contribution is 2.40. The third-order valence-corrected chi connectivity index (χ3v) is 10.4. The molecule has 3 aliphatic rings. The van der Waals surface area contributed by atoms with Crippen molar-refractivity contribution in [3.63, 3.8) is 0 Å². The molecule has 0 spiro atoms. The summed E-state index contributed by atoms with van der Waals surface area (Å²) in [4.78, 5) is 36.1. The molecule has 0 aromatic heterocycles. The first-order valence-electron chi connectivity index (χ1n) is 18.0. The highest BCUT2D eigenvalue weighted by molar-refractivity contribution is 8.00.